The normalized spacial score (nSPS) is 20.2. The van der Waals surface area contributed by atoms with Crippen LogP contribution in [-0.4, -0.2) is 24.6 Å². The highest BCUT2D eigenvalue weighted by Crippen LogP contribution is 2.55. The highest BCUT2D eigenvalue weighted by Gasteiger charge is 2.60. The Morgan fingerprint density at radius 1 is 1.04 bits per heavy atom. The third-order valence-corrected chi connectivity index (χ3v) is 5.21. The summed E-state index contributed by atoms with van der Waals surface area (Å²) >= 11 is 0. The van der Waals surface area contributed by atoms with Crippen LogP contribution in [0.25, 0.3) is 0 Å². The van der Waals surface area contributed by atoms with E-state index in [0.29, 0.717) is 12.4 Å². The van der Waals surface area contributed by atoms with Gasteiger partial charge in [-0.15, -0.1) is 0 Å². The van der Waals surface area contributed by atoms with Crippen molar-refractivity contribution in [2.75, 3.05) is 19.0 Å². The van der Waals surface area contributed by atoms with Crippen LogP contribution >= 0.6 is 0 Å². The number of nitrogens with zero attached hydrogens (tertiary/aromatic N) is 1. The summed E-state index contributed by atoms with van der Waals surface area (Å²) in [5.41, 5.74) is 0.782. The number of anilines is 1. The van der Waals surface area contributed by atoms with Crippen molar-refractivity contribution in [3.8, 4) is 11.5 Å². The Hall–Kier alpha value is -3.34. The van der Waals surface area contributed by atoms with Crippen LogP contribution in [0.5, 0.6) is 11.5 Å². The summed E-state index contributed by atoms with van der Waals surface area (Å²) in [6.07, 6.45) is 2.41. The van der Waals surface area contributed by atoms with Gasteiger partial charge in [-0.1, -0.05) is 36.4 Å². The van der Waals surface area contributed by atoms with Gasteiger partial charge in [-0.3, -0.25) is 4.79 Å². The van der Waals surface area contributed by atoms with Crippen molar-refractivity contribution in [1.29, 1.82) is 0 Å². The van der Waals surface area contributed by atoms with Gasteiger partial charge >= 0.3 is 0 Å². The predicted molar refractivity (Wildman–Crippen MR) is 108 cm³/mol. The zero-order valence-corrected chi connectivity index (χ0v) is 15.7. The van der Waals surface area contributed by atoms with E-state index in [1.54, 1.807) is 19.4 Å². The Labute approximate surface area is 164 Å². The molecule has 1 aliphatic carbocycles. The molecular weight excluding hydrogens is 352 g/mol. The Kier molecular flexibility index (Phi) is 4.98. The summed E-state index contributed by atoms with van der Waals surface area (Å²) in [7, 11) is 1.63. The molecule has 1 saturated carbocycles. The number of methoxy groups -OCH3 is 1. The maximum atomic E-state index is 12.8. The number of amides is 1. The van der Waals surface area contributed by atoms with Gasteiger partial charge < -0.3 is 14.8 Å². The fraction of sp³-hybridized carbons (Fsp3) is 0.217. The van der Waals surface area contributed by atoms with E-state index in [1.807, 2.05) is 54.6 Å². The molecule has 2 atom stereocenters. The molecule has 5 nitrogen and oxygen atoms in total. The van der Waals surface area contributed by atoms with E-state index in [0.717, 1.165) is 23.5 Å². The quantitative estimate of drug-likeness (QED) is 0.677. The van der Waals surface area contributed by atoms with E-state index in [1.165, 1.54) is 0 Å². The minimum absolute atomic E-state index is 0.0270. The van der Waals surface area contributed by atoms with E-state index in [2.05, 4.69) is 22.4 Å². The van der Waals surface area contributed by atoms with Crippen molar-refractivity contribution in [2.24, 2.45) is 5.92 Å². The number of pyridine rings is 1. The lowest BCUT2D eigenvalue weighted by atomic mass is 9.93. The van der Waals surface area contributed by atoms with Gasteiger partial charge in [0.25, 0.3) is 0 Å². The number of carbonyl (C=O) groups is 1. The summed E-state index contributed by atoms with van der Waals surface area (Å²) in [4.78, 5) is 17.0. The fourth-order valence-electron chi connectivity index (χ4n) is 3.52. The number of benzene rings is 2. The average molecular weight is 374 g/mol. The average Bonchev–Trinajstić information content (AvgIpc) is 3.50. The molecule has 0 aliphatic heterocycles. The zero-order valence-electron chi connectivity index (χ0n) is 15.7. The molecule has 1 fully saturated rings. The van der Waals surface area contributed by atoms with Gasteiger partial charge in [-0.25, -0.2) is 4.98 Å². The first-order valence-electron chi connectivity index (χ1n) is 9.25. The first-order valence-corrected chi connectivity index (χ1v) is 9.25. The summed E-state index contributed by atoms with van der Waals surface area (Å²) in [6.45, 7) is 0.434. The third-order valence-electron chi connectivity index (χ3n) is 5.21. The molecule has 1 amide bonds. The van der Waals surface area contributed by atoms with E-state index >= 15 is 0 Å². The maximum absolute atomic E-state index is 12.8. The minimum Gasteiger partial charge on any atom is -0.497 e. The van der Waals surface area contributed by atoms with Crippen LogP contribution in [0, 0.1) is 5.92 Å². The second-order valence-corrected chi connectivity index (χ2v) is 6.95. The molecule has 5 heteroatoms. The molecule has 0 saturated heterocycles. The molecule has 28 heavy (non-hydrogen) atoms. The van der Waals surface area contributed by atoms with E-state index in [9.17, 15) is 4.79 Å². The molecule has 142 valence electrons. The SMILES string of the molecule is COc1ccc(OC[C@@]2(c3ccccc3)C[C@H]2C(=O)Nc2ccccn2)cc1. The van der Waals surface area contributed by atoms with Crippen molar-refractivity contribution in [1.82, 2.24) is 4.98 Å². The molecule has 1 N–H and O–H groups in total. The Morgan fingerprint density at radius 2 is 1.75 bits per heavy atom. The number of aromatic nitrogens is 1. The molecule has 1 aliphatic rings. The second-order valence-electron chi connectivity index (χ2n) is 6.95. The van der Waals surface area contributed by atoms with Crippen molar-refractivity contribution in [2.45, 2.75) is 11.8 Å². The molecule has 0 spiro atoms. The van der Waals surface area contributed by atoms with Crippen LogP contribution in [0.1, 0.15) is 12.0 Å². The molecule has 1 aromatic heterocycles. The van der Waals surface area contributed by atoms with Crippen LogP contribution in [-0.2, 0) is 10.2 Å². The third kappa shape index (κ3) is 3.69. The van der Waals surface area contributed by atoms with Crippen LogP contribution in [0.2, 0.25) is 0 Å². The lowest BCUT2D eigenvalue weighted by molar-refractivity contribution is -0.117. The summed E-state index contributed by atoms with van der Waals surface area (Å²) in [5, 5.41) is 2.92. The zero-order chi connectivity index (χ0) is 19.4. The fourth-order valence-corrected chi connectivity index (χ4v) is 3.52. The highest BCUT2D eigenvalue weighted by atomic mass is 16.5. The predicted octanol–water partition coefficient (Wildman–Crippen LogP) is 4.07. The number of hydrogen-bond acceptors (Lipinski definition) is 4. The number of ether oxygens (including phenoxy) is 2. The molecule has 1 heterocycles. The van der Waals surface area contributed by atoms with Crippen LogP contribution in [0.3, 0.4) is 0 Å². The van der Waals surface area contributed by atoms with E-state index < -0.39 is 0 Å². The number of rotatable bonds is 7. The molecule has 0 bridgehead atoms. The largest absolute Gasteiger partial charge is 0.497 e. The van der Waals surface area contributed by atoms with Crippen LogP contribution in [0.4, 0.5) is 5.82 Å². The topological polar surface area (TPSA) is 60.5 Å². The minimum atomic E-state index is -0.333. The van der Waals surface area contributed by atoms with Crippen molar-refractivity contribution < 1.29 is 14.3 Å². The molecular formula is C23H22N2O3. The summed E-state index contributed by atoms with van der Waals surface area (Å²) in [6, 6.07) is 23.0. The van der Waals surface area contributed by atoms with Crippen molar-refractivity contribution >= 4 is 11.7 Å². The van der Waals surface area contributed by atoms with Gasteiger partial charge in [0.05, 0.1) is 19.6 Å². The van der Waals surface area contributed by atoms with Gasteiger partial charge in [0.15, 0.2) is 0 Å². The molecule has 0 radical (unpaired) electrons. The molecule has 0 unspecified atom stereocenters. The summed E-state index contributed by atoms with van der Waals surface area (Å²) < 4.78 is 11.3. The number of nitrogens with one attached hydrogen (secondary N) is 1. The van der Waals surface area contributed by atoms with Gasteiger partial charge in [0.2, 0.25) is 5.91 Å². The van der Waals surface area contributed by atoms with Gasteiger partial charge in [-0.05, 0) is 48.4 Å². The Morgan fingerprint density at radius 3 is 2.43 bits per heavy atom. The molecule has 2 aromatic carbocycles. The van der Waals surface area contributed by atoms with Crippen molar-refractivity contribution in [3.63, 3.8) is 0 Å². The smallest absolute Gasteiger partial charge is 0.229 e. The van der Waals surface area contributed by atoms with Gasteiger partial charge in [0.1, 0.15) is 17.3 Å². The monoisotopic (exact) mass is 374 g/mol. The lowest BCUT2D eigenvalue weighted by Gasteiger charge is -2.19. The molecule has 3 aromatic rings. The standard InChI is InChI=1S/C23H22N2O3/c1-27-18-10-12-19(13-11-18)28-16-23(17-7-3-2-4-8-17)15-20(23)22(26)25-21-9-5-6-14-24-21/h2-14,20H,15-16H2,1H3,(H,24,25,26)/t20-,23+/m0/s1. The number of hydrogen-bond donors (Lipinski definition) is 1. The lowest BCUT2D eigenvalue weighted by Crippen LogP contribution is -2.26. The Balaban J connectivity index is 1.50. The highest BCUT2D eigenvalue weighted by molar-refractivity contribution is 5.95. The molecule has 4 rings (SSSR count). The second kappa shape index (κ2) is 7.72. The summed E-state index contributed by atoms with van der Waals surface area (Å²) in [5.74, 6) is 1.92. The first kappa shape index (κ1) is 18.0. The van der Waals surface area contributed by atoms with Crippen molar-refractivity contribution in [3.05, 3.63) is 84.6 Å². The van der Waals surface area contributed by atoms with Crippen LogP contribution in [0.15, 0.2) is 79.0 Å². The van der Waals surface area contributed by atoms with Gasteiger partial charge in [0, 0.05) is 11.6 Å². The Bertz CT molecular complexity index is 929. The van der Waals surface area contributed by atoms with E-state index in [4.69, 9.17) is 9.47 Å². The van der Waals surface area contributed by atoms with Gasteiger partial charge in [-0.2, -0.15) is 0 Å². The maximum Gasteiger partial charge on any atom is 0.229 e. The number of carbonyl (C=O) groups excluding carboxylic acids is 1. The first-order chi connectivity index (χ1) is 13.7. The van der Waals surface area contributed by atoms with E-state index in [-0.39, 0.29) is 17.2 Å². The van der Waals surface area contributed by atoms with Crippen LogP contribution < -0.4 is 14.8 Å².